The van der Waals surface area contributed by atoms with Crippen molar-refractivity contribution in [2.24, 2.45) is 0 Å². The minimum Gasteiger partial charge on any atom is -0.504 e. The second kappa shape index (κ2) is 7.09. The second-order valence-electron chi connectivity index (χ2n) is 5.56. The number of rotatable bonds is 5. The van der Waals surface area contributed by atoms with Gasteiger partial charge in [0.1, 0.15) is 5.82 Å². The number of aromatic nitrogens is 2. The van der Waals surface area contributed by atoms with Gasteiger partial charge in [-0.15, -0.1) is 0 Å². The molecule has 1 N–H and O–H groups in total. The van der Waals surface area contributed by atoms with Crippen molar-refractivity contribution in [3.8, 4) is 11.4 Å². The predicted octanol–water partition coefficient (Wildman–Crippen LogP) is 4.26. The number of hydrogen-bond acceptors (Lipinski definition) is 3. The van der Waals surface area contributed by atoms with E-state index in [1.807, 2.05) is 0 Å². The lowest BCUT2D eigenvalue weighted by molar-refractivity contribution is -0.140. The van der Waals surface area contributed by atoms with Crippen LogP contribution in [0.5, 0.6) is 0 Å². The van der Waals surface area contributed by atoms with E-state index in [4.69, 9.17) is 4.74 Å². The Kier molecular flexibility index (Phi) is 5.33. The van der Waals surface area contributed by atoms with Crippen LogP contribution in [-0.2, 0) is 17.5 Å². The van der Waals surface area contributed by atoms with Gasteiger partial charge < -0.3 is 14.4 Å². The third-order valence-electron chi connectivity index (χ3n) is 3.54. The van der Waals surface area contributed by atoms with Gasteiger partial charge in [0.15, 0.2) is 5.69 Å². The maximum Gasteiger partial charge on any atom is 0.434 e. The van der Waals surface area contributed by atoms with Gasteiger partial charge in [0, 0.05) is 17.8 Å². The molecule has 0 saturated heterocycles. The number of imidazole rings is 1. The third-order valence-corrected chi connectivity index (χ3v) is 3.54. The summed E-state index contributed by atoms with van der Waals surface area (Å²) in [4.78, 5) is 3.77. The summed E-state index contributed by atoms with van der Waals surface area (Å²) in [5.41, 5.74) is 0.910. The zero-order valence-electron chi connectivity index (χ0n) is 13.6. The Morgan fingerprint density at radius 1 is 1.33 bits per heavy atom. The summed E-state index contributed by atoms with van der Waals surface area (Å²) in [5.74, 6) is 0.230. The lowest BCUT2D eigenvalue weighted by Crippen LogP contribution is -2.05. The smallest absolute Gasteiger partial charge is 0.434 e. The topological polar surface area (TPSA) is 47.3 Å². The van der Waals surface area contributed by atoms with Crippen molar-refractivity contribution in [2.45, 2.75) is 32.7 Å². The SMILES string of the molecule is CO/C=C/c1cc(-c2nc(C(F)(F)F)cn2C(C)C)ccc1CO. The summed E-state index contributed by atoms with van der Waals surface area (Å²) in [6.45, 7) is 3.40. The number of ether oxygens (including phenoxy) is 1. The van der Waals surface area contributed by atoms with Crippen LogP contribution in [0.25, 0.3) is 17.5 Å². The van der Waals surface area contributed by atoms with Gasteiger partial charge >= 0.3 is 6.18 Å². The van der Waals surface area contributed by atoms with Crippen LogP contribution in [0.4, 0.5) is 13.2 Å². The zero-order valence-corrected chi connectivity index (χ0v) is 13.6. The molecule has 1 heterocycles. The van der Waals surface area contributed by atoms with Crippen molar-refractivity contribution in [3.63, 3.8) is 0 Å². The third kappa shape index (κ3) is 3.79. The highest BCUT2D eigenvalue weighted by Gasteiger charge is 2.35. The minimum atomic E-state index is -4.50. The van der Waals surface area contributed by atoms with Crippen LogP contribution in [-0.4, -0.2) is 21.8 Å². The zero-order chi connectivity index (χ0) is 17.9. The summed E-state index contributed by atoms with van der Waals surface area (Å²) in [6, 6.07) is 4.82. The highest BCUT2D eigenvalue weighted by Crippen LogP contribution is 2.33. The summed E-state index contributed by atoms with van der Waals surface area (Å²) in [6.07, 6.45) is -0.403. The van der Waals surface area contributed by atoms with Gasteiger partial charge in [-0.05, 0) is 37.1 Å². The largest absolute Gasteiger partial charge is 0.504 e. The monoisotopic (exact) mass is 340 g/mol. The van der Waals surface area contributed by atoms with Crippen molar-refractivity contribution in [1.82, 2.24) is 9.55 Å². The van der Waals surface area contributed by atoms with E-state index >= 15 is 0 Å². The number of aliphatic hydroxyl groups is 1. The van der Waals surface area contributed by atoms with E-state index in [9.17, 15) is 18.3 Å². The highest BCUT2D eigenvalue weighted by molar-refractivity contribution is 5.65. The highest BCUT2D eigenvalue weighted by atomic mass is 19.4. The van der Waals surface area contributed by atoms with Crippen LogP contribution in [0.1, 0.15) is 36.7 Å². The molecule has 0 bridgehead atoms. The fraction of sp³-hybridized carbons (Fsp3) is 0.353. The molecule has 0 unspecified atom stereocenters. The standard InChI is InChI=1S/C17H19F3N2O2/c1-11(2)22-9-15(17(18,19)20)21-16(22)13-4-5-14(10-23)12(8-13)6-7-24-3/h4-9,11,23H,10H2,1-3H3/b7-6+. The maximum absolute atomic E-state index is 13.0. The molecule has 1 aromatic heterocycles. The molecule has 0 aliphatic heterocycles. The number of aliphatic hydroxyl groups excluding tert-OH is 1. The van der Waals surface area contributed by atoms with E-state index in [0.29, 0.717) is 16.7 Å². The summed E-state index contributed by atoms with van der Waals surface area (Å²) >= 11 is 0. The molecule has 7 heteroatoms. The number of methoxy groups -OCH3 is 1. The van der Waals surface area contributed by atoms with Gasteiger partial charge in [0.05, 0.1) is 20.0 Å². The van der Waals surface area contributed by atoms with Gasteiger partial charge in [0.2, 0.25) is 0 Å². The average Bonchev–Trinajstić information content (AvgIpc) is 2.98. The minimum absolute atomic E-state index is 0.181. The Labute approximate surface area is 138 Å². The van der Waals surface area contributed by atoms with Crippen LogP contribution >= 0.6 is 0 Å². The molecule has 0 spiro atoms. The molecule has 0 radical (unpaired) electrons. The number of halogens is 3. The van der Waals surface area contributed by atoms with Crippen molar-refractivity contribution in [3.05, 3.63) is 47.5 Å². The van der Waals surface area contributed by atoms with Gasteiger partial charge in [-0.2, -0.15) is 13.2 Å². The molecule has 0 amide bonds. The Hall–Kier alpha value is -2.28. The Bertz CT molecular complexity index is 734. The van der Waals surface area contributed by atoms with Gasteiger partial charge in [-0.1, -0.05) is 12.1 Å². The van der Waals surface area contributed by atoms with Crippen LogP contribution in [0.2, 0.25) is 0 Å². The van der Waals surface area contributed by atoms with Crippen molar-refractivity contribution in [2.75, 3.05) is 7.11 Å². The van der Waals surface area contributed by atoms with Crippen LogP contribution in [0.15, 0.2) is 30.7 Å². The van der Waals surface area contributed by atoms with Gasteiger partial charge in [-0.25, -0.2) is 4.98 Å². The molecule has 0 aliphatic carbocycles. The number of hydrogen-bond donors (Lipinski definition) is 1. The maximum atomic E-state index is 13.0. The summed E-state index contributed by atoms with van der Waals surface area (Å²) in [5, 5.41) is 9.39. The molecule has 24 heavy (non-hydrogen) atoms. The first-order chi connectivity index (χ1) is 11.3. The molecule has 0 fully saturated rings. The van der Waals surface area contributed by atoms with E-state index in [2.05, 4.69) is 4.98 Å². The van der Waals surface area contributed by atoms with E-state index in [-0.39, 0.29) is 18.5 Å². The van der Waals surface area contributed by atoms with E-state index in [1.54, 1.807) is 38.1 Å². The van der Waals surface area contributed by atoms with Gasteiger partial charge in [-0.3, -0.25) is 0 Å². The van der Waals surface area contributed by atoms with Crippen molar-refractivity contribution < 1.29 is 23.0 Å². The summed E-state index contributed by atoms with van der Waals surface area (Å²) < 4.78 is 45.3. The Balaban J connectivity index is 2.59. The number of benzene rings is 1. The van der Waals surface area contributed by atoms with E-state index in [0.717, 1.165) is 6.20 Å². The normalized spacial score (nSPS) is 12.3. The van der Waals surface area contributed by atoms with Crippen LogP contribution < -0.4 is 0 Å². The number of alkyl halides is 3. The van der Waals surface area contributed by atoms with Crippen molar-refractivity contribution in [1.29, 1.82) is 0 Å². The molecule has 2 aromatic rings. The molecule has 0 saturated carbocycles. The molecular weight excluding hydrogens is 321 g/mol. The van der Waals surface area contributed by atoms with Crippen LogP contribution in [0, 0.1) is 0 Å². The van der Waals surface area contributed by atoms with E-state index < -0.39 is 11.9 Å². The van der Waals surface area contributed by atoms with Gasteiger partial charge in [0.25, 0.3) is 0 Å². The first kappa shape index (κ1) is 18.1. The lowest BCUT2D eigenvalue weighted by atomic mass is 10.0. The average molecular weight is 340 g/mol. The predicted molar refractivity (Wildman–Crippen MR) is 85.0 cm³/mol. The number of nitrogens with zero attached hydrogens (tertiary/aromatic N) is 2. The second-order valence-corrected chi connectivity index (χ2v) is 5.56. The molecule has 2 rings (SSSR count). The summed E-state index contributed by atoms with van der Waals surface area (Å²) in [7, 11) is 1.49. The molecule has 1 aromatic carbocycles. The Morgan fingerprint density at radius 3 is 2.58 bits per heavy atom. The molecule has 130 valence electrons. The first-order valence-electron chi connectivity index (χ1n) is 7.37. The fourth-order valence-corrected chi connectivity index (χ4v) is 2.31. The van der Waals surface area contributed by atoms with Crippen LogP contribution in [0.3, 0.4) is 0 Å². The molecule has 4 nitrogen and oxygen atoms in total. The molecular formula is C17H19F3N2O2. The lowest BCUT2D eigenvalue weighted by Gasteiger charge is -2.12. The first-order valence-corrected chi connectivity index (χ1v) is 7.37. The molecule has 0 aliphatic rings. The van der Waals surface area contributed by atoms with E-state index in [1.165, 1.54) is 17.9 Å². The van der Waals surface area contributed by atoms with Crippen molar-refractivity contribution >= 4 is 6.08 Å². The fourth-order valence-electron chi connectivity index (χ4n) is 2.31. The quantitative estimate of drug-likeness (QED) is 0.828. The molecule has 0 atom stereocenters. The Morgan fingerprint density at radius 2 is 2.04 bits per heavy atom.